The van der Waals surface area contributed by atoms with Crippen LogP contribution in [0.2, 0.25) is 5.02 Å². The lowest BCUT2D eigenvalue weighted by Gasteiger charge is -2.34. The van der Waals surface area contributed by atoms with Gasteiger partial charge in [0.25, 0.3) is 0 Å². The molecule has 0 unspecified atom stereocenters. The molecule has 21 heavy (non-hydrogen) atoms. The van der Waals surface area contributed by atoms with Crippen LogP contribution in [0.3, 0.4) is 0 Å². The van der Waals surface area contributed by atoms with Crippen LogP contribution < -0.4 is 5.32 Å². The summed E-state index contributed by atoms with van der Waals surface area (Å²) in [6.45, 7) is 5.01. The van der Waals surface area contributed by atoms with Crippen molar-refractivity contribution in [3.63, 3.8) is 0 Å². The van der Waals surface area contributed by atoms with Crippen molar-refractivity contribution >= 4 is 29.1 Å². The zero-order chi connectivity index (χ0) is 15.2. The van der Waals surface area contributed by atoms with Crippen LogP contribution in [0.5, 0.6) is 0 Å². The first-order valence-corrected chi connectivity index (χ1v) is 7.52. The maximum Gasteiger partial charge on any atom is 0.238 e. The summed E-state index contributed by atoms with van der Waals surface area (Å²) in [5, 5.41) is 3.34. The molecule has 1 aliphatic heterocycles. The standard InChI is InChI=1S/C15H20ClN3O2/c1-2-15(21)19-9-7-18(8-10-19)11-14(20)17-13-6-4-3-5-12(13)16/h3-6H,2,7-11H2,1H3,(H,17,20). The fourth-order valence-electron chi connectivity index (χ4n) is 2.33. The van der Waals surface area contributed by atoms with Crippen molar-refractivity contribution in [3.8, 4) is 0 Å². The number of carbonyl (C=O) groups excluding carboxylic acids is 2. The first-order chi connectivity index (χ1) is 10.1. The van der Waals surface area contributed by atoms with Gasteiger partial charge in [-0.2, -0.15) is 0 Å². The fraction of sp³-hybridized carbons (Fsp3) is 0.467. The summed E-state index contributed by atoms with van der Waals surface area (Å²) in [6, 6.07) is 7.17. The highest BCUT2D eigenvalue weighted by atomic mass is 35.5. The average molecular weight is 310 g/mol. The molecule has 1 aromatic carbocycles. The molecule has 0 atom stereocenters. The number of benzene rings is 1. The summed E-state index contributed by atoms with van der Waals surface area (Å²) in [7, 11) is 0. The second-order valence-electron chi connectivity index (χ2n) is 5.04. The quantitative estimate of drug-likeness (QED) is 0.923. The normalized spacial score (nSPS) is 15.8. The number of rotatable bonds is 4. The van der Waals surface area contributed by atoms with Crippen molar-refractivity contribution in [2.75, 3.05) is 38.0 Å². The van der Waals surface area contributed by atoms with Crippen molar-refractivity contribution in [2.24, 2.45) is 0 Å². The molecular weight excluding hydrogens is 290 g/mol. The van der Waals surface area contributed by atoms with Gasteiger partial charge in [0.1, 0.15) is 0 Å². The largest absolute Gasteiger partial charge is 0.340 e. The molecule has 1 heterocycles. The van der Waals surface area contributed by atoms with Crippen molar-refractivity contribution in [1.82, 2.24) is 9.80 Å². The van der Waals surface area contributed by atoms with Crippen LogP contribution in [0.15, 0.2) is 24.3 Å². The van der Waals surface area contributed by atoms with Crippen LogP contribution in [0.4, 0.5) is 5.69 Å². The second-order valence-corrected chi connectivity index (χ2v) is 5.45. The third-order valence-corrected chi connectivity index (χ3v) is 3.87. The van der Waals surface area contributed by atoms with E-state index in [2.05, 4.69) is 5.32 Å². The molecule has 1 aromatic rings. The molecule has 1 N–H and O–H groups in total. The van der Waals surface area contributed by atoms with Crippen LogP contribution in [0.25, 0.3) is 0 Å². The van der Waals surface area contributed by atoms with Crippen molar-refractivity contribution in [3.05, 3.63) is 29.3 Å². The van der Waals surface area contributed by atoms with Crippen LogP contribution in [-0.4, -0.2) is 54.3 Å². The van der Waals surface area contributed by atoms with Gasteiger partial charge in [0.05, 0.1) is 17.3 Å². The number of nitrogens with one attached hydrogen (secondary N) is 1. The molecule has 114 valence electrons. The number of nitrogens with zero attached hydrogens (tertiary/aromatic N) is 2. The van der Waals surface area contributed by atoms with E-state index in [1.54, 1.807) is 12.1 Å². The highest BCUT2D eigenvalue weighted by Crippen LogP contribution is 2.20. The van der Waals surface area contributed by atoms with Crippen molar-refractivity contribution in [2.45, 2.75) is 13.3 Å². The van der Waals surface area contributed by atoms with Gasteiger partial charge in [-0.15, -0.1) is 0 Å². The number of hydrogen-bond acceptors (Lipinski definition) is 3. The minimum Gasteiger partial charge on any atom is -0.340 e. The first-order valence-electron chi connectivity index (χ1n) is 7.14. The highest BCUT2D eigenvalue weighted by molar-refractivity contribution is 6.33. The van der Waals surface area contributed by atoms with Crippen LogP contribution in [-0.2, 0) is 9.59 Å². The number of halogens is 1. The van der Waals surface area contributed by atoms with Crippen LogP contribution in [0, 0.1) is 0 Å². The van der Waals surface area contributed by atoms with Crippen molar-refractivity contribution in [1.29, 1.82) is 0 Å². The molecule has 0 radical (unpaired) electrons. The van der Waals surface area contributed by atoms with E-state index in [9.17, 15) is 9.59 Å². The SMILES string of the molecule is CCC(=O)N1CCN(CC(=O)Nc2ccccc2Cl)CC1. The molecule has 1 saturated heterocycles. The van der Waals surface area contributed by atoms with Gasteiger partial charge in [-0.05, 0) is 12.1 Å². The summed E-state index contributed by atoms with van der Waals surface area (Å²) in [5.74, 6) is 0.0912. The number of hydrogen-bond donors (Lipinski definition) is 1. The zero-order valence-electron chi connectivity index (χ0n) is 12.1. The van der Waals surface area contributed by atoms with Gasteiger partial charge in [-0.25, -0.2) is 0 Å². The maximum absolute atomic E-state index is 12.0. The van der Waals surface area contributed by atoms with Gasteiger partial charge in [-0.3, -0.25) is 14.5 Å². The fourth-order valence-corrected chi connectivity index (χ4v) is 2.52. The molecule has 1 fully saturated rings. The number of piperazine rings is 1. The minimum atomic E-state index is -0.0848. The summed E-state index contributed by atoms with van der Waals surface area (Å²) < 4.78 is 0. The third-order valence-electron chi connectivity index (χ3n) is 3.54. The highest BCUT2D eigenvalue weighted by Gasteiger charge is 2.21. The predicted octanol–water partition coefficient (Wildman–Crippen LogP) is 1.83. The molecule has 2 amide bonds. The van der Waals surface area contributed by atoms with E-state index in [4.69, 9.17) is 11.6 Å². The number of amides is 2. The smallest absolute Gasteiger partial charge is 0.238 e. The zero-order valence-corrected chi connectivity index (χ0v) is 12.9. The molecule has 0 bridgehead atoms. The van der Waals surface area contributed by atoms with Crippen LogP contribution in [0.1, 0.15) is 13.3 Å². The number of carbonyl (C=O) groups is 2. The third kappa shape index (κ3) is 4.44. The Morgan fingerprint density at radius 2 is 1.86 bits per heavy atom. The molecule has 6 heteroatoms. The van der Waals surface area contributed by atoms with Crippen LogP contribution >= 0.6 is 11.6 Å². The maximum atomic E-state index is 12.0. The molecule has 1 aliphatic rings. The molecule has 5 nitrogen and oxygen atoms in total. The lowest BCUT2D eigenvalue weighted by Crippen LogP contribution is -2.50. The summed E-state index contributed by atoms with van der Waals surface area (Å²) in [5.41, 5.74) is 0.629. The molecule has 2 rings (SSSR count). The van der Waals surface area contributed by atoms with Gasteiger partial charge in [0.15, 0.2) is 0 Å². The Labute approximate surface area is 129 Å². The Balaban J connectivity index is 1.80. The molecular formula is C15H20ClN3O2. The topological polar surface area (TPSA) is 52.7 Å². The van der Waals surface area contributed by atoms with Gasteiger partial charge in [0, 0.05) is 32.6 Å². The predicted molar refractivity (Wildman–Crippen MR) is 83.4 cm³/mol. The number of anilines is 1. The Hall–Kier alpha value is -1.59. The van der Waals surface area contributed by atoms with Gasteiger partial charge >= 0.3 is 0 Å². The Morgan fingerprint density at radius 3 is 2.48 bits per heavy atom. The second kappa shape index (κ2) is 7.43. The van der Waals surface area contributed by atoms with E-state index >= 15 is 0 Å². The van der Waals surface area contributed by atoms with E-state index in [1.165, 1.54) is 0 Å². The van der Waals surface area contributed by atoms with Gasteiger partial charge < -0.3 is 10.2 Å². The van der Waals surface area contributed by atoms with E-state index in [1.807, 2.05) is 28.9 Å². The van der Waals surface area contributed by atoms with E-state index in [0.29, 0.717) is 36.8 Å². The monoisotopic (exact) mass is 309 g/mol. The van der Waals surface area contributed by atoms with Gasteiger partial charge in [-0.1, -0.05) is 30.7 Å². The minimum absolute atomic E-state index is 0.0848. The van der Waals surface area contributed by atoms with Gasteiger partial charge in [0.2, 0.25) is 11.8 Å². The Bertz CT molecular complexity index is 513. The van der Waals surface area contributed by atoms with Crippen molar-refractivity contribution < 1.29 is 9.59 Å². The first kappa shape index (κ1) is 15.8. The Morgan fingerprint density at radius 1 is 1.19 bits per heavy atom. The van der Waals surface area contributed by atoms with E-state index in [0.717, 1.165) is 13.1 Å². The molecule has 0 aromatic heterocycles. The number of para-hydroxylation sites is 1. The van der Waals surface area contributed by atoms with E-state index in [-0.39, 0.29) is 11.8 Å². The molecule has 0 aliphatic carbocycles. The Kier molecular flexibility index (Phi) is 5.59. The molecule has 0 spiro atoms. The lowest BCUT2D eigenvalue weighted by molar-refractivity contribution is -0.132. The lowest BCUT2D eigenvalue weighted by atomic mass is 10.2. The summed E-state index contributed by atoms with van der Waals surface area (Å²) in [6.07, 6.45) is 0.535. The molecule has 0 saturated carbocycles. The average Bonchev–Trinajstić information content (AvgIpc) is 2.49. The summed E-state index contributed by atoms with van der Waals surface area (Å²) in [4.78, 5) is 27.5. The summed E-state index contributed by atoms with van der Waals surface area (Å²) >= 11 is 6.01. The van der Waals surface area contributed by atoms with E-state index < -0.39 is 0 Å².